The van der Waals surface area contributed by atoms with Gasteiger partial charge in [0.2, 0.25) is 0 Å². The van der Waals surface area contributed by atoms with Gasteiger partial charge in [0.05, 0.1) is 7.11 Å². The molecular formula is C18H21NO. The molecule has 2 heteroatoms. The van der Waals surface area contributed by atoms with Crippen molar-refractivity contribution in [3.05, 3.63) is 65.2 Å². The van der Waals surface area contributed by atoms with E-state index in [1.54, 1.807) is 7.11 Å². The number of hydrogen-bond donors (Lipinski definition) is 1. The van der Waals surface area contributed by atoms with Gasteiger partial charge in [-0.2, -0.15) is 0 Å². The lowest BCUT2D eigenvalue weighted by molar-refractivity contribution is 0.270. The summed E-state index contributed by atoms with van der Waals surface area (Å²) < 4.78 is 5.51. The first-order valence-electron chi connectivity index (χ1n) is 7.14. The van der Waals surface area contributed by atoms with Crippen molar-refractivity contribution in [1.29, 1.82) is 0 Å². The molecule has 0 amide bonds. The second-order valence-corrected chi connectivity index (χ2v) is 5.69. The van der Waals surface area contributed by atoms with Gasteiger partial charge in [-0.1, -0.05) is 42.5 Å². The van der Waals surface area contributed by atoms with Crippen molar-refractivity contribution >= 4 is 0 Å². The SMILES string of the molecule is COc1ccccc1CC1(c2ccccc2C)CNC1. The molecule has 1 saturated heterocycles. The van der Waals surface area contributed by atoms with Crippen molar-refractivity contribution in [2.45, 2.75) is 18.8 Å². The average Bonchev–Trinajstić information content (AvgIpc) is 2.44. The van der Waals surface area contributed by atoms with Crippen molar-refractivity contribution in [2.24, 2.45) is 0 Å². The minimum atomic E-state index is 0.208. The first kappa shape index (κ1) is 13.2. The van der Waals surface area contributed by atoms with Gasteiger partial charge in [-0.3, -0.25) is 0 Å². The van der Waals surface area contributed by atoms with Gasteiger partial charge in [0, 0.05) is 18.5 Å². The fourth-order valence-corrected chi connectivity index (χ4v) is 3.22. The second kappa shape index (κ2) is 5.29. The Kier molecular flexibility index (Phi) is 3.49. The van der Waals surface area contributed by atoms with E-state index in [0.29, 0.717) is 0 Å². The zero-order valence-electron chi connectivity index (χ0n) is 12.1. The van der Waals surface area contributed by atoms with Gasteiger partial charge in [0.1, 0.15) is 5.75 Å². The normalized spacial score (nSPS) is 16.5. The van der Waals surface area contributed by atoms with E-state index in [1.807, 2.05) is 12.1 Å². The van der Waals surface area contributed by atoms with Gasteiger partial charge in [0.15, 0.2) is 0 Å². The zero-order chi connectivity index (χ0) is 14.0. The molecule has 1 fully saturated rings. The Morgan fingerprint density at radius 3 is 2.40 bits per heavy atom. The topological polar surface area (TPSA) is 21.3 Å². The molecule has 0 radical (unpaired) electrons. The number of nitrogens with one attached hydrogen (secondary N) is 1. The van der Waals surface area contributed by atoms with E-state index in [1.165, 1.54) is 16.7 Å². The molecule has 2 aromatic rings. The summed E-state index contributed by atoms with van der Waals surface area (Å²) >= 11 is 0. The van der Waals surface area contributed by atoms with Crippen molar-refractivity contribution in [3.8, 4) is 5.75 Å². The van der Waals surface area contributed by atoms with E-state index >= 15 is 0 Å². The van der Waals surface area contributed by atoms with Crippen LogP contribution in [0.1, 0.15) is 16.7 Å². The highest BCUT2D eigenvalue weighted by Gasteiger charge is 2.40. The first-order valence-corrected chi connectivity index (χ1v) is 7.14. The highest BCUT2D eigenvalue weighted by Crippen LogP contribution is 2.36. The van der Waals surface area contributed by atoms with Gasteiger partial charge in [-0.25, -0.2) is 0 Å². The summed E-state index contributed by atoms with van der Waals surface area (Å²) in [5.41, 5.74) is 4.34. The smallest absolute Gasteiger partial charge is 0.122 e. The summed E-state index contributed by atoms with van der Waals surface area (Å²) in [6.45, 7) is 4.28. The van der Waals surface area contributed by atoms with E-state index in [9.17, 15) is 0 Å². The molecule has 1 aliphatic rings. The second-order valence-electron chi connectivity index (χ2n) is 5.69. The molecule has 0 aliphatic carbocycles. The van der Waals surface area contributed by atoms with Crippen LogP contribution in [0.4, 0.5) is 0 Å². The predicted octanol–water partition coefficient (Wildman–Crippen LogP) is 3.09. The number of methoxy groups -OCH3 is 1. The summed E-state index contributed by atoms with van der Waals surface area (Å²) in [5, 5.41) is 3.44. The van der Waals surface area contributed by atoms with Crippen LogP contribution in [0.3, 0.4) is 0 Å². The van der Waals surface area contributed by atoms with E-state index in [-0.39, 0.29) is 5.41 Å². The minimum absolute atomic E-state index is 0.208. The van der Waals surface area contributed by atoms with Crippen LogP contribution in [0.5, 0.6) is 5.75 Å². The highest BCUT2D eigenvalue weighted by atomic mass is 16.5. The van der Waals surface area contributed by atoms with E-state index < -0.39 is 0 Å². The Balaban J connectivity index is 1.96. The zero-order valence-corrected chi connectivity index (χ0v) is 12.1. The van der Waals surface area contributed by atoms with Crippen LogP contribution < -0.4 is 10.1 Å². The fraction of sp³-hybridized carbons (Fsp3) is 0.333. The van der Waals surface area contributed by atoms with Crippen LogP contribution in [0.25, 0.3) is 0 Å². The minimum Gasteiger partial charge on any atom is -0.496 e. The molecule has 1 heterocycles. The number of para-hydroxylation sites is 1. The van der Waals surface area contributed by atoms with Gasteiger partial charge in [0.25, 0.3) is 0 Å². The van der Waals surface area contributed by atoms with Crippen molar-refractivity contribution < 1.29 is 4.74 Å². The Hall–Kier alpha value is -1.80. The monoisotopic (exact) mass is 267 g/mol. The molecule has 0 spiro atoms. The molecule has 2 aromatic carbocycles. The number of rotatable bonds is 4. The first-order chi connectivity index (χ1) is 9.75. The molecule has 1 N–H and O–H groups in total. The van der Waals surface area contributed by atoms with Crippen molar-refractivity contribution in [2.75, 3.05) is 20.2 Å². The summed E-state index contributed by atoms with van der Waals surface area (Å²) in [6, 6.07) is 17.1. The number of hydrogen-bond acceptors (Lipinski definition) is 2. The Bertz CT molecular complexity index is 602. The van der Waals surface area contributed by atoms with Crippen molar-refractivity contribution in [3.63, 3.8) is 0 Å². The molecule has 20 heavy (non-hydrogen) atoms. The summed E-state index contributed by atoms with van der Waals surface area (Å²) in [4.78, 5) is 0. The van der Waals surface area contributed by atoms with Crippen LogP contribution in [-0.2, 0) is 11.8 Å². The molecule has 0 atom stereocenters. The van der Waals surface area contributed by atoms with Crippen LogP contribution in [-0.4, -0.2) is 20.2 Å². The lowest BCUT2D eigenvalue weighted by atomic mass is 9.69. The lowest BCUT2D eigenvalue weighted by Gasteiger charge is -2.44. The fourth-order valence-electron chi connectivity index (χ4n) is 3.22. The Morgan fingerprint density at radius 1 is 1.05 bits per heavy atom. The maximum absolute atomic E-state index is 5.51. The van der Waals surface area contributed by atoms with Crippen LogP contribution in [0.2, 0.25) is 0 Å². The van der Waals surface area contributed by atoms with Gasteiger partial charge >= 0.3 is 0 Å². The molecule has 104 valence electrons. The summed E-state index contributed by atoms with van der Waals surface area (Å²) in [5.74, 6) is 0.993. The summed E-state index contributed by atoms with van der Waals surface area (Å²) in [6.07, 6.45) is 1.02. The van der Waals surface area contributed by atoms with E-state index in [4.69, 9.17) is 4.74 Å². The standard InChI is InChI=1S/C18H21NO/c1-14-7-3-5-9-16(14)18(12-19-13-18)11-15-8-4-6-10-17(15)20-2/h3-10,19H,11-13H2,1-2H3. The lowest BCUT2D eigenvalue weighted by Crippen LogP contribution is -2.58. The number of ether oxygens (including phenoxy) is 1. The van der Waals surface area contributed by atoms with Crippen LogP contribution in [0.15, 0.2) is 48.5 Å². The summed E-state index contributed by atoms with van der Waals surface area (Å²) in [7, 11) is 1.75. The number of benzene rings is 2. The van der Waals surface area contributed by atoms with Gasteiger partial charge in [-0.05, 0) is 36.1 Å². The van der Waals surface area contributed by atoms with Gasteiger partial charge < -0.3 is 10.1 Å². The molecular weight excluding hydrogens is 246 g/mol. The van der Waals surface area contributed by atoms with Crippen molar-refractivity contribution in [1.82, 2.24) is 5.32 Å². The van der Waals surface area contributed by atoms with Gasteiger partial charge in [-0.15, -0.1) is 0 Å². The van der Waals surface area contributed by atoms with Crippen LogP contribution in [0, 0.1) is 6.92 Å². The maximum atomic E-state index is 5.51. The highest BCUT2D eigenvalue weighted by molar-refractivity contribution is 5.42. The molecule has 1 aliphatic heterocycles. The van der Waals surface area contributed by atoms with E-state index in [0.717, 1.165) is 25.3 Å². The molecule has 3 rings (SSSR count). The average molecular weight is 267 g/mol. The third kappa shape index (κ3) is 2.20. The number of aryl methyl sites for hydroxylation is 1. The molecule has 0 saturated carbocycles. The Morgan fingerprint density at radius 2 is 1.75 bits per heavy atom. The largest absolute Gasteiger partial charge is 0.496 e. The predicted molar refractivity (Wildman–Crippen MR) is 82.4 cm³/mol. The third-order valence-corrected chi connectivity index (χ3v) is 4.36. The molecule has 0 unspecified atom stereocenters. The molecule has 0 aromatic heterocycles. The quantitative estimate of drug-likeness (QED) is 0.919. The van der Waals surface area contributed by atoms with E-state index in [2.05, 4.69) is 48.6 Å². The Labute approximate surface area is 120 Å². The molecule has 2 nitrogen and oxygen atoms in total. The third-order valence-electron chi connectivity index (χ3n) is 4.36. The van der Waals surface area contributed by atoms with Crippen LogP contribution >= 0.6 is 0 Å². The maximum Gasteiger partial charge on any atom is 0.122 e. The molecule has 0 bridgehead atoms.